The fourth-order valence-electron chi connectivity index (χ4n) is 4.26. The van der Waals surface area contributed by atoms with E-state index in [4.69, 9.17) is 4.74 Å². The van der Waals surface area contributed by atoms with Gasteiger partial charge in [0.1, 0.15) is 0 Å². The van der Waals surface area contributed by atoms with E-state index >= 15 is 0 Å². The highest BCUT2D eigenvalue weighted by Crippen LogP contribution is 2.38. The van der Waals surface area contributed by atoms with Crippen molar-refractivity contribution < 1.29 is 17.9 Å². The molecule has 8 nitrogen and oxygen atoms in total. The van der Waals surface area contributed by atoms with E-state index < -0.39 is 16.2 Å². The molecule has 0 spiro atoms. The number of carbonyl (C=O) groups excluding carboxylic acids is 1. The molecule has 4 aliphatic heterocycles. The number of fused-ring (bicyclic) bond motifs is 4. The Balaban J connectivity index is 1.49. The van der Waals surface area contributed by atoms with Crippen molar-refractivity contribution >= 4 is 27.6 Å². The van der Waals surface area contributed by atoms with Crippen molar-refractivity contribution in [1.29, 1.82) is 0 Å². The lowest BCUT2D eigenvalue weighted by molar-refractivity contribution is 0.0601. The van der Waals surface area contributed by atoms with Crippen LogP contribution in [0.1, 0.15) is 23.2 Å². The Kier molecular flexibility index (Phi) is 4.54. The Bertz CT molecular complexity index is 805. The number of methoxy groups -OCH3 is 1. The number of nitrogens with one attached hydrogen (secondary N) is 2. The van der Waals surface area contributed by atoms with Crippen LogP contribution in [0.3, 0.4) is 0 Å². The molecule has 5 rings (SSSR count). The van der Waals surface area contributed by atoms with Crippen LogP contribution in [0.25, 0.3) is 0 Å². The van der Waals surface area contributed by atoms with Crippen molar-refractivity contribution in [3.63, 3.8) is 0 Å². The topological polar surface area (TPSA) is 91.0 Å². The van der Waals surface area contributed by atoms with E-state index in [0.717, 1.165) is 6.54 Å². The molecule has 0 radical (unpaired) electrons. The first-order valence-electron chi connectivity index (χ1n) is 8.97. The standard InChI is InChI=1S/C17H24N4O4S/c1-25-17(22)13-3-2-4-14-16(13)21(26(23,24)19-14)10-7-18-15-11-20-8-5-12(15)6-9-20/h2-4,12,15,18-19H,5-11H2,1H3. The van der Waals surface area contributed by atoms with E-state index in [1.807, 2.05) is 0 Å². The summed E-state index contributed by atoms with van der Waals surface area (Å²) in [6.07, 6.45) is 2.41. The lowest BCUT2D eigenvalue weighted by Crippen LogP contribution is -2.57. The van der Waals surface area contributed by atoms with Crippen LogP contribution in [0.15, 0.2) is 18.2 Å². The normalized spacial score (nSPS) is 28.5. The Labute approximate surface area is 153 Å². The number of rotatable bonds is 5. The highest BCUT2D eigenvalue weighted by Gasteiger charge is 2.37. The van der Waals surface area contributed by atoms with Gasteiger partial charge in [-0.1, -0.05) is 6.07 Å². The van der Waals surface area contributed by atoms with Gasteiger partial charge in [0.05, 0.1) is 24.0 Å². The molecule has 1 aromatic rings. The second kappa shape index (κ2) is 6.71. The molecule has 3 saturated heterocycles. The maximum atomic E-state index is 12.5. The van der Waals surface area contributed by atoms with Crippen LogP contribution in [0.2, 0.25) is 0 Å². The number of nitrogens with zero attached hydrogens (tertiary/aromatic N) is 2. The van der Waals surface area contributed by atoms with Gasteiger partial charge < -0.3 is 15.0 Å². The van der Waals surface area contributed by atoms with Crippen molar-refractivity contribution in [2.24, 2.45) is 5.92 Å². The Morgan fingerprint density at radius 3 is 2.77 bits per heavy atom. The van der Waals surface area contributed by atoms with Crippen LogP contribution in [0, 0.1) is 5.92 Å². The first kappa shape index (κ1) is 17.6. The average molecular weight is 380 g/mol. The van der Waals surface area contributed by atoms with E-state index in [1.165, 1.54) is 37.3 Å². The number of esters is 1. The molecule has 9 heteroatoms. The SMILES string of the molecule is COC(=O)c1cccc2c1N(CCNC1CN3CCC1CC3)S(=O)(=O)N2. The van der Waals surface area contributed by atoms with Gasteiger partial charge in [0.15, 0.2) is 0 Å². The third-order valence-electron chi connectivity index (χ3n) is 5.60. The summed E-state index contributed by atoms with van der Waals surface area (Å²) in [5.41, 5.74) is 1.03. The molecule has 0 aromatic heterocycles. The van der Waals surface area contributed by atoms with Crippen molar-refractivity contribution in [2.45, 2.75) is 18.9 Å². The third kappa shape index (κ3) is 3.04. The second-order valence-corrected chi connectivity index (χ2v) is 8.67. The monoisotopic (exact) mass is 380 g/mol. The minimum absolute atomic E-state index is 0.251. The fourth-order valence-corrected chi connectivity index (χ4v) is 5.58. The van der Waals surface area contributed by atoms with Crippen molar-refractivity contribution in [1.82, 2.24) is 10.2 Å². The fraction of sp³-hybridized carbons (Fsp3) is 0.588. The zero-order valence-corrected chi connectivity index (χ0v) is 15.6. The number of ether oxygens (including phenoxy) is 1. The summed E-state index contributed by atoms with van der Waals surface area (Å²) in [6.45, 7) is 4.16. The van der Waals surface area contributed by atoms with Crippen molar-refractivity contribution in [3.05, 3.63) is 23.8 Å². The number of hydrogen-bond acceptors (Lipinski definition) is 6. The van der Waals surface area contributed by atoms with E-state index in [-0.39, 0.29) is 12.1 Å². The lowest BCUT2D eigenvalue weighted by Gasteiger charge is -2.45. The quantitative estimate of drug-likeness (QED) is 0.729. The van der Waals surface area contributed by atoms with Crippen molar-refractivity contribution in [2.75, 3.05) is 48.9 Å². The number of anilines is 2. The summed E-state index contributed by atoms with van der Waals surface area (Å²) in [5, 5.41) is 3.52. The van der Waals surface area contributed by atoms with Crippen LogP contribution < -0.4 is 14.3 Å². The second-order valence-electron chi connectivity index (χ2n) is 7.07. The van der Waals surface area contributed by atoms with Gasteiger partial charge in [-0.15, -0.1) is 0 Å². The first-order chi connectivity index (χ1) is 12.5. The molecule has 2 bridgehead atoms. The van der Waals surface area contributed by atoms with Gasteiger partial charge in [0, 0.05) is 25.7 Å². The Hall–Kier alpha value is -1.84. The summed E-state index contributed by atoms with van der Waals surface area (Å²) in [4.78, 5) is 14.5. The van der Waals surface area contributed by atoms with Crippen LogP contribution in [-0.2, 0) is 14.9 Å². The van der Waals surface area contributed by atoms with E-state index in [9.17, 15) is 13.2 Å². The first-order valence-corrected chi connectivity index (χ1v) is 10.4. The molecule has 4 aliphatic rings. The summed E-state index contributed by atoms with van der Waals surface area (Å²) in [7, 11) is -2.41. The van der Waals surface area contributed by atoms with Gasteiger partial charge in [-0.05, 0) is 44.0 Å². The number of piperidine rings is 3. The van der Waals surface area contributed by atoms with Crippen molar-refractivity contribution in [3.8, 4) is 0 Å². The van der Waals surface area contributed by atoms with Crippen LogP contribution in [0.4, 0.5) is 11.4 Å². The molecule has 2 N–H and O–H groups in total. The highest BCUT2D eigenvalue weighted by molar-refractivity contribution is 7.94. The molecule has 142 valence electrons. The predicted molar refractivity (Wildman–Crippen MR) is 98.6 cm³/mol. The molecule has 4 heterocycles. The summed E-state index contributed by atoms with van der Waals surface area (Å²) in [5.74, 6) is 0.127. The zero-order chi connectivity index (χ0) is 18.3. The lowest BCUT2D eigenvalue weighted by atomic mass is 9.84. The maximum Gasteiger partial charge on any atom is 0.340 e. The number of para-hydroxylation sites is 1. The van der Waals surface area contributed by atoms with Gasteiger partial charge in [-0.2, -0.15) is 8.42 Å². The summed E-state index contributed by atoms with van der Waals surface area (Å²) < 4.78 is 33.6. The van der Waals surface area contributed by atoms with Crippen LogP contribution in [-0.4, -0.2) is 65.2 Å². The summed E-state index contributed by atoms with van der Waals surface area (Å²) >= 11 is 0. The summed E-state index contributed by atoms with van der Waals surface area (Å²) in [6, 6.07) is 5.29. The minimum Gasteiger partial charge on any atom is -0.465 e. The molecule has 0 aliphatic carbocycles. The number of hydrogen-bond donors (Lipinski definition) is 2. The van der Waals surface area contributed by atoms with Gasteiger partial charge in [0.2, 0.25) is 0 Å². The molecule has 1 aromatic carbocycles. The van der Waals surface area contributed by atoms with Gasteiger partial charge in [0.25, 0.3) is 0 Å². The largest absolute Gasteiger partial charge is 0.465 e. The number of carbonyl (C=O) groups is 1. The molecule has 0 amide bonds. The van der Waals surface area contributed by atoms with Gasteiger partial charge in [-0.25, -0.2) is 9.10 Å². The molecular formula is C17H24N4O4S. The van der Waals surface area contributed by atoms with E-state index in [1.54, 1.807) is 18.2 Å². The van der Waals surface area contributed by atoms with Gasteiger partial charge in [-0.3, -0.25) is 4.72 Å². The molecule has 0 saturated carbocycles. The molecule has 1 unspecified atom stereocenters. The number of benzene rings is 1. The third-order valence-corrected chi connectivity index (χ3v) is 7.02. The zero-order valence-electron chi connectivity index (χ0n) is 14.8. The highest BCUT2D eigenvalue weighted by atomic mass is 32.2. The van der Waals surface area contributed by atoms with Crippen LogP contribution in [0.5, 0.6) is 0 Å². The van der Waals surface area contributed by atoms with Gasteiger partial charge >= 0.3 is 16.2 Å². The minimum atomic E-state index is -3.70. The van der Waals surface area contributed by atoms with Crippen LogP contribution >= 0.6 is 0 Å². The molecule has 1 atom stereocenters. The molecule has 3 fully saturated rings. The maximum absolute atomic E-state index is 12.5. The van der Waals surface area contributed by atoms with E-state index in [2.05, 4.69) is 14.9 Å². The Morgan fingerprint density at radius 1 is 1.35 bits per heavy atom. The average Bonchev–Trinajstić information content (AvgIpc) is 2.92. The molecule has 26 heavy (non-hydrogen) atoms. The Morgan fingerprint density at radius 2 is 2.12 bits per heavy atom. The predicted octanol–water partition coefficient (Wildman–Crippen LogP) is 0.634. The molecular weight excluding hydrogens is 356 g/mol. The smallest absolute Gasteiger partial charge is 0.340 e. The van der Waals surface area contributed by atoms with E-state index in [0.29, 0.717) is 29.9 Å².